The average Bonchev–Trinajstić information content (AvgIpc) is 2.64. The standard InChI is InChI=1S/C19H31N3O2S/c1-2-7-18(25-13-10-20)19(23)21-24-17-9-6-8-16(14-17)15-22-11-4-3-5-12-22/h6,8-9,14,18H,2-5,7,10-13,15,20H2,1H3,(H,21,23). The number of piperidine rings is 1. The molecule has 0 aromatic heterocycles. The minimum absolute atomic E-state index is 0.0817. The quantitative estimate of drug-likeness (QED) is 0.624. The summed E-state index contributed by atoms with van der Waals surface area (Å²) in [5, 5.41) is -0.106. The summed E-state index contributed by atoms with van der Waals surface area (Å²) in [4.78, 5) is 20.3. The Morgan fingerprint density at radius 3 is 2.88 bits per heavy atom. The number of hydroxylamine groups is 1. The Kier molecular flexibility index (Phi) is 9.15. The van der Waals surface area contributed by atoms with Crippen LogP contribution in [0.25, 0.3) is 0 Å². The van der Waals surface area contributed by atoms with E-state index in [1.54, 1.807) is 11.8 Å². The van der Waals surface area contributed by atoms with Crippen LogP contribution in [0.1, 0.15) is 44.6 Å². The number of nitrogens with one attached hydrogen (secondary N) is 1. The second kappa shape index (κ2) is 11.4. The van der Waals surface area contributed by atoms with Gasteiger partial charge in [0.05, 0.1) is 5.25 Å². The number of hydrogen-bond donors (Lipinski definition) is 2. The van der Waals surface area contributed by atoms with Crippen LogP contribution in [0.3, 0.4) is 0 Å². The first-order valence-electron chi connectivity index (χ1n) is 9.32. The summed E-state index contributed by atoms with van der Waals surface area (Å²) >= 11 is 1.59. The van der Waals surface area contributed by atoms with Gasteiger partial charge in [-0.2, -0.15) is 5.48 Å². The fourth-order valence-corrected chi connectivity index (χ4v) is 4.04. The van der Waals surface area contributed by atoms with E-state index in [1.807, 2.05) is 18.2 Å². The predicted octanol–water partition coefficient (Wildman–Crippen LogP) is 2.94. The molecule has 1 aliphatic heterocycles. The molecule has 0 radical (unpaired) electrons. The van der Waals surface area contributed by atoms with E-state index in [9.17, 15) is 4.79 Å². The van der Waals surface area contributed by atoms with Crippen molar-refractivity contribution in [1.82, 2.24) is 10.4 Å². The number of likely N-dealkylation sites (tertiary alicyclic amines) is 1. The van der Waals surface area contributed by atoms with Crippen LogP contribution in [0.2, 0.25) is 0 Å². The minimum Gasteiger partial charge on any atom is -0.380 e. The summed E-state index contributed by atoms with van der Waals surface area (Å²) in [7, 11) is 0. The molecule has 1 atom stereocenters. The fourth-order valence-electron chi connectivity index (χ4n) is 3.02. The largest absolute Gasteiger partial charge is 0.380 e. The lowest BCUT2D eigenvalue weighted by molar-refractivity contribution is -0.127. The number of thioether (sulfide) groups is 1. The highest BCUT2D eigenvalue weighted by Crippen LogP contribution is 2.19. The molecule has 1 aromatic carbocycles. The van der Waals surface area contributed by atoms with Gasteiger partial charge in [0.2, 0.25) is 0 Å². The second-order valence-electron chi connectivity index (χ2n) is 6.49. The van der Waals surface area contributed by atoms with Crippen LogP contribution in [-0.2, 0) is 11.3 Å². The van der Waals surface area contributed by atoms with Crippen molar-refractivity contribution in [1.29, 1.82) is 0 Å². The summed E-state index contributed by atoms with van der Waals surface area (Å²) in [6, 6.07) is 7.98. The van der Waals surface area contributed by atoms with Gasteiger partial charge < -0.3 is 10.6 Å². The first kappa shape index (κ1) is 20.1. The Hall–Kier alpha value is -1.24. The maximum Gasteiger partial charge on any atom is 0.265 e. The number of benzene rings is 1. The van der Waals surface area contributed by atoms with Gasteiger partial charge in [-0.05, 0) is 50.0 Å². The van der Waals surface area contributed by atoms with Gasteiger partial charge >= 0.3 is 0 Å². The Morgan fingerprint density at radius 1 is 1.36 bits per heavy atom. The van der Waals surface area contributed by atoms with E-state index >= 15 is 0 Å². The summed E-state index contributed by atoms with van der Waals surface area (Å²) in [5.74, 6) is 1.38. The van der Waals surface area contributed by atoms with Crippen molar-refractivity contribution in [2.45, 2.75) is 50.8 Å². The summed E-state index contributed by atoms with van der Waals surface area (Å²) in [6.07, 6.45) is 5.69. The van der Waals surface area contributed by atoms with Crippen molar-refractivity contribution in [2.24, 2.45) is 5.73 Å². The number of carbonyl (C=O) groups is 1. The van der Waals surface area contributed by atoms with Gasteiger partial charge in [-0.25, -0.2) is 0 Å². The molecule has 0 aliphatic carbocycles. The minimum atomic E-state index is -0.106. The van der Waals surface area contributed by atoms with E-state index in [4.69, 9.17) is 10.6 Å². The maximum atomic E-state index is 12.3. The van der Waals surface area contributed by atoms with Crippen molar-refractivity contribution in [2.75, 3.05) is 25.4 Å². The smallest absolute Gasteiger partial charge is 0.265 e. The van der Waals surface area contributed by atoms with E-state index < -0.39 is 0 Å². The van der Waals surface area contributed by atoms with Gasteiger partial charge in [-0.3, -0.25) is 9.69 Å². The molecule has 1 amide bonds. The zero-order chi connectivity index (χ0) is 17.9. The van der Waals surface area contributed by atoms with Crippen LogP contribution in [-0.4, -0.2) is 41.4 Å². The molecular formula is C19H31N3O2S. The highest BCUT2D eigenvalue weighted by atomic mass is 32.2. The molecule has 2 rings (SSSR count). The second-order valence-corrected chi connectivity index (χ2v) is 7.80. The number of amides is 1. The SMILES string of the molecule is CCCC(SCCN)C(=O)NOc1cccc(CN2CCCCC2)c1. The van der Waals surface area contributed by atoms with Gasteiger partial charge in [0.15, 0.2) is 5.75 Å². The molecular weight excluding hydrogens is 334 g/mol. The predicted molar refractivity (Wildman–Crippen MR) is 105 cm³/mol. The Bertz CT molecular complexity index is 521. The molecule has 1 saturated heterocycles. The number of carbonyl (C=O) groups excluding carboxylic acids is 1. The molecule has 1 aliphatic rings. The fraction of sp³-hybridized carbons (Fsp3) is 0.632. The van der Waals surface area contributed by atoms with E-state index in [0.29, 0.717) is 12.3 Å². The molecule has 140 valence electrons. The molecule has 1 unspecified atom stereocenters. The average molecular weight is 366 g/mol. The molecule has 0 saturated carbocycles. The van der Waals surface area contributed by atoms with Crippen molar-refractivity contribution in [3.05, 3.63) is 29.8 Å². The topological polar surface area (TPSA) is 67.6 Å². The lowest BCUT2D eigenvalue weighted by Crippen LogP contribution is -2.35. The van der Waals surface area contributed by atoms with Crippen LogP contribution in [0.15, 0.2) is 24.3 Å². The molecule has 3 N–H and O–H groups in total. The highest BCUT2D eigenvalue weighted by Gasteiger charge is 2.18. The number of nitrogens with zero attached hydrogens (tertiary/aromatic N) is 1. The van der Waals surface area contributed by atoms with Crippen molar-refractivity contribution in [3.63, 3.8) is 0 Å². The Labute approximate surface area is 155 Å². The zero-order valence-electron chi connectivity index (χ0n) is 15.2. The van der Waals surface area contributed by atoms with Crippen LogP contribution in [0.5, 0.6) is 5.75 Å². The number of rotatable bonds is 10. The highest BCUT2D eigenvalue weighted by molar-refractivity contribution is 8.00. The first-order valence-corrected chi connectivity index (χ1v) is 10.4. The summed E-state index contributed by atoms with van der Waals surface area (Å²) in [6.45, 7) is 5.93. The summed E-state index contributed by atoms with van der Waals surface area (Å²) in [5.41, 5.74) is 9.37. The Morgan fingerprint density at radius 2 is 2.16 bits per heavy atom. The van der Waals surface area contributed by atoms with Crippen molar-refractivity contribution >= 4 is 17.7 Å². The molecule has 1 heterocycles. The molecule has 0 bridgehead atoms. The number of nitrogens with two attached hydrogens (primary N) is 1. The lowest BCUT2D eigenvalue weighted by atomic mass is 10.1. The molecule has 1 aromatic rings. The third-order valence-electron chi connectivity index (χ3n) is 4.30. The maximum absolute atomic E-state index is 12.3. The molecule has 6 heteroatoms. The van der Waals surface area contributed by atoms with E-state index in [1.165, 1.54) is 37.9 Å². The van der Waals surface area contributed by atoms with Crippen molar-refractivity contribution in [3.8, 4) is 5.75 Å². The molecule has 25 heavy (non-hydrogen) atoms. The van der Waals surface area contributed by atoms with Crippen molar-refractivity contribution < 1.29 is 9.63 Å². The van der Waals surface area contributed by atoms with Gasteiger partial charge in [0.1, 0.15) is 0 Å². The van der Waals surface area contributed by atoms with Gasteiger partial charge in [-0.1, -0.05) is 31.9 Å². The van der Waals surface area contributed by atoms with Crippen LogP contribution >= 0.6 is 11.8 Å². The van der Waals surface area contributed by atoms with Gasteiger partial charge in [0.25, 0.3) is 5.91 Å². The monoisotopic (exact) mass is 365 g/mol. The Balaban J connectivity index is 1.84. The van der Waals surface area contributed by atoms with Crippen LogP contribution < -0.4 is 16.1 Å². The molecule has 5 nitrogen and oxygen atoms in total. The number of hydrogen-bond acceptors (Lipinski definition) is 5. The van der Waals surface area contributed by atoms with Crippen LogP contribution in [0, 0.1) is 0 Å². The lowest BCUT2D eigenvalue weighted by Gasteiger charge is -2.26. The van der Waals surface area contributed by atoms with Crippen LogP contribution in [0.4, 0.5) is 0 Å². The van der Waals surface area contributed by atoms with Gasteiger partial charge in [0, 0.05) is 18.8 Å². The first-order chi connectivity index (χ1) is 12.2. The zero-order valence-corrected chi connectivity index (χ0v) is 16.0. The third-order valence-corrected chi connectivity index (χ3v) is 5.63. The molecule has 1 fully saturated rings. The normalized spacial score (nSPS) is 16.4. The third kappa shape index (κ3) is 7.26. The van der Waals surface area contributed by atoms with E-state index in [-0.39, 0.29) is 11.2 Å². The van der Waals surface area contributed by atoms with Gasteiger partial charge in [-0.15, -0.1) is 11.8 Å². The van der Waals surface area contributed by atoms with E-state index in [2.05, 4.69) is 23.4 Å². The molecule has 0 spiro atoms. The van der Waals surface area contributed by atoms with E-state index in [0.717, 1.165) is 25.1 Å². The summed E-state index contributed by atoms with van der Waals surface area (Å²) < 4.78 is 0.